The molecule has 122 valence electrons. The number of piperidine rings is 1. The molecule has 0 aliphatic carbocycles. The molecule has 0 spiro atoms. The lowest BCUT2D eigenvalue weighted by Gasteiger charge is -2.31. The molecule has 23 heavy (non-hydrogen) atoms. The van der Waals surface area contributed by atoms with Crippen molar-refractivity contribution in [2.24, 2.45) is 0 Å². The Hall–Kier alpha value is -1.69. The third kappa shape index (κ3) is 3.32. The zero-order valence-corrected chi connectivity index (χ0v) is 14.1. The van der Waals surface area contributed by atoms with Crippen LogP contribution in [-0.2, 0) is 10.0 Å². The van der Waals surface area contributed by atoms with Crippen LogP contribution in [0.25, 0.3) is 11.1 Å². The topological polar surface area (TPSA) is 49.4 Å². The van der Waals surface area contributed by atoms with Crippen LogP contribution >= 0.6 is 0 Å². The zero-order chi connectivity index (χ0) is 16.3. The minimum Gasteiger partial charge on any atom is -0.317 e. The number of nitrogens with zero attached hydrogens (tertiary/aromatic N) is 1. The van der Waals surface area contributed by atoms with Gasteiger partial charge < -0.3 is 5.32 Å². The Kier molecular flexibility index (Phi) is 4.80. The van der Waals surface area contributed by atoms with E-state index >= 15 is 0 Å². The summed E-state index contributed by atoms with van der Waals surface area (Å²) in [6, 6.07) is 17.4. The Morgan fingerprint density at radius 1 is 0.957 bits per heavy atom. The van der Waals surface area contributed by atoms with Crippen LogP contribution in [0.5, 0.6) is 0 Å². The van der Waals surface area contributed by atoms with Gasteiger partial charge in [-0.1, -0.05) is 48.5 Å². The van der Waals surface area contributed by atoms with Crippen molar-refractivity contribution in [2.75, 3.05) is 20.1 Å². The van der Waals surface area contributed by atoms with Gasteiger partial charge in [0.05, 0.1) is 4.90 Å². The molecule has 0 amide bonds. The maximum Gasteiger partial charge on any atom is 0.243 e. The van der Waals surface area contributed by atoms with Gasteiger partial charge in [-0.15, -0.1) is 0 Å². The lowest BCUT2D eigenvalue weighted by molar-refractivity contribution is 0.298. The summed E-state index contributed by atoms with van der Waals surface area (Å²) in [5.41, 5.74) is 1.70. The highest BCUT2D eigenvalue weighted by molar-refractivity contribution is 7.89. The molecule has 4 nitrogen and oxygen atoms in total. The second-order valence-electron chi connectivity index (χ2n) is 5.83. The van der Waals surface area contributed by atoms with Crippen LogP contribution < -0.4 is 5.32 Å². The third-order valence-corrected chi connectivity index (χ3v) is 6.41. The molecule has 1 aliphatic heterocycles. The summed E-state index contributed by atoms with van der Waals surface area (Å²) in [5, 5.41) is 3.23. The van der Waals surface area contributed by atoms with Gasteiger partial charge in [0.2, 0.25) is 10.0 Å². The van der Waals surface area contributed by atoms with Crippen molar-refractivity contribution in [1.82, 2.24) is 9.62 Å². The summed E-state index contributed by atoms with van der Waals surface area (Å²) < 4.78 is 27.8. The standard InChI is InChI=1S/C18H22N2O2S/c1-19-16-11-13-20(14-12-16)23(21,22)18-10-6-5-9-17(18)15-7-3-2-4-8-15/h2-10,16,19H,11-14H2,1H3. The lowest BCUT2D eigenvalue weighted by atomic mass is 10.1. The third-order valence-electron chi connectivity index (χ3n) is 4.45. The van der Waals surface area contributed by atoms with E-state index in [4.69, 9.17) is 0 Å². The molecule has 5 heteroatoms. The van der Waals surface area contributed by atoms with Gasteiger partial charge in [0.1, 0.15) is 0 Å². The van der Waals surface area contributed by atoms with Crippen LogP contribution in [0.2, 0.25) is 0 Å². The van der Waals surface area contributed by atoms with Gasteiger partial charge in [-0.05, 0) is 31.5 Å². The number of hydrogen-bond donors (Lipinski definition) is 1. The monoisotopic (exact) mass is 330 g/mol. The predicted molar refractivity (Wildman–Crippen MR) is 92.7 cm³/mol. The quantitative estimate of drug-likeness (QED) is 0.938. The number of benzene rings is 2. The van der Waals surface area contributed by atoms with Crippen molar-refractivity contribution in [3.05, 3.63) is 54.6 Å². The molecule has 0 bridgehead atoms. The molecule has 0 radical (unpaired) electrons. The molecule has 3 rings (SSSR count). The first-order valence-corrected chi connectivity index (χ1v) is 9.39. The first kappa shape index (κ1) is 16.2. The highest BCUT2D eigenvalue weighted by atomic mass is 32.2. The van der Waals surface area contributed by atoms with Crippen LogP contribution in [0.4, 0.5) is 0 Å². The van der Waals surface area contributed by atoms with Gasteiger partial charge >= 0.3 is 0 Å². The fourth-order valence-electron chi connectivity index (χ4n) is 3.07. The molecule has 2 aromatic rings. The minimum absolute atomic E-state index is 0.397. The van der Waals surface area contributed by atoms with Crippen molar-refractivity contribution in [3.63, 3.8) is 0 Å². The van der Waals surface area contributed by atoms with Crippen LogP contribution in [-0.4, -0.2) is 38.9 Å². The van der Waals surface area contributed by atoms with Gasteiger partial charge in [-0.25, -0.2) is 8.42 Å². The summed E-state index contributed by atoms with van der Waals surface area (Å²) in [7, 11) is -1.54. The summed E-state index contributed by atoms with van der Waals surface area (Å²) in [6.45, 7) is 1.13. The Balaban J connectivity index is 1.95. The Labute approximate surface area is 138 Å². The molecule has 0 aromatic heterocycles. The van der Waals surface area contributed by atoms with Crippen molar-refractivity contribution in [1.29, 1.82) is 0 Å². The van der Waals surface area contributed by atoms with Crippen LogP contribution in [0.3, 0.4) is 0 Å². The number of nitrogens with one attached hydrogen (secondary N) is 1. The normalized spacial score (nSPS) is 17.3. The van der Waals surface area contributed by atoms with Crippen LogP contribution in [0.15, 0.2) is 59.5 Å². The average molecular weight is 330 g/mol. The SMILES string of the molecule is CNC1CCN(S(=O)(=O)c2ccccc2-c2ccccc2)CC1. The molecule has 1 fully saturated rings. The number of hydrogen-bond acceptors (Lipinski definition) is 3. The van der Waals surface area contributed by atoms with E-state index in [1.807, 2.05) is 49.5 Å². The van der Waals surface area contributed by atoms with E-state index in [1.165, 1.54) is 0 Å². The van der Waals surface area contributed by atoms with Gasteiger partial charge in [0.25, 0.3) is 0 Å². The second-order valence-corrected chi connectivity index (χ2v) is 7.74. The first-order valence-electron chi connectivity index (χ1n) is 7.95. The number of sulfonamides is 1. The molecule has 2 aromatic carbocycles. The minimum atomic E-state index is -3.47. The maximum absolute atomic E-state index is 13.1. The van der Waals surface area contributed by atoms with E-state index in [9.17, 15) is 8.42 Å². The summed E-state index contributed by atoms with van der Waals surface area (Å²) in [4.78, 5) is 0.397. The molecule has 0 atom stereocenters. The van der Waals surface area contributed by atoms with Crippen molar-refractivity contribution >= 4 is 10.0 Å². The van der Waals surface area contributed by atoms with Gasteiger partial charge in [0, 0.05) is 24.7 Å². The lowest BCUT2D eigenvalue weighted by Crippen LogP contribution is -2.43. The summed E-state index contributed by atoms with van der Waals surface area (Å²) in [5.74, 6) is 0. The number of rotatable bonds is 4. The molecular formula is C18H22N2O2S. The van der Waals surface area contributed by atoms with E-state index in [2.05, 4.69) is 5.32 Å². The van der Waals surface area contributed by atoms with Crippen LogP contribution in [0.1, 0.15) is 12.8 Å². The van der Waals surface area contributed by atoms with E-state index < -0.39 is 10.0 Å². The zero-order valence-electron chi connectivity index (χ0n) is 13.3. The Morgan fingerprint density at radius 2 is 1.57 bits per heavy atom. The van der Waals surface area contributed by atoms with Crippen molar-refractivity contribution < 1.29 is 8.42 Å². The van der Waals surface area contributed by atoms with E-state index in [0.29, 0.717) is 24.0 Å². The van der Waals surface area contributed by atoms with E-state index in [1.54, 1.807) is 16.4 Å². The molecule has 1 heterocycles. The average Bonchev–Trinajstić information content (AvgIpc) is 2.62. The molecular weight excluding hydrogens is 308 g/mol. The highest BCUT2D eigenvalue weighted by Gasteiger charge is 2.30. The molecule has 1 aliphatic rings. The largest absolute Gasteiger partial charge is 0.317 e. The highest BCUT2D eigenvalue weighted by Crippen LogP contribution is 2.30. The maximum atomic E-state index is 13.1. The van der Waals surface area contributed by atoms with Crippen molar-refractivity contribution in [3.8, 4) is 11.1 Å². The molecule has 0 unspecified atom stereocenters. The van der Waals surface area contributed by atoms with E-state index in [0.717, 1.165) is 24.0 Å². The van der Waals surface area contributed by atoms with Gasteiger partial charge in [0.15, 0.2) is 0 Å². The smallest absolute Gasteiger partial charge is 0.243 e. The molecule has 0 saturated carbocycles. The fourth-order valence-corrected chi connectivity index (χ4v) is 4.76. The van der Waals surface area contributed by atoms with Gasteiger partial charge in [-0.2, -0.15) is 4.31 Å². The summed E-state index contributed by atoms with van der Waals surface area (Å²) >= 11 is 0. The molecule has 1 saturated heterocycles. The first-order chi connectivity index (χ1) is 11.1. The Morgan fingerprint density at radius 3 is 2.22 bits per heavy atom. The van der Waals surface area contributed by atoms with Gasteiger partial charge in [-0.3, -0.25) is 0 Å². The fraction of sp³-hybridized carbons (Fsp3) is 0.333. The predicted octanol–water partition coefficient (Wildman–Crippen LogP) is 2.73. The molecule has 1 N–H and O–H groups in total. The summed E-state index contributed by atoms with van der Waals surface area (Å²) in [6.07, 6.45) is 1.70. The van der Waals surface area contributed by atoms with E-state index in [-0.39, 0.29) is 0 Å². The second kappa shape index (κ2) is 6.83. The van der Waals surface area contributed by atoms with Crippen LogP contribution in [0, 0.1) is 0 Å². The Bertz CT molecular complexity index is 752. The van der Waals surface area contributed by atoms with Crippen molar-refractivity contribution in [2.45, 2.75) is 23.8 Å².